The van der Waals surface area contributed by atoms with E-state index >= 15 is 0 Å². The zero-order valence-electron chi connectivity index (χ0n) is 10.1. The Bertz CT molecular complexity index is 352. The number of amides is 1. The monoisotopic (exact) mass is 222 g/mol. The van der Waals surface area contributed by atoms with Crippen LogP contribution in [0.1, 0.15) is 20.8 Å². The third-order valence-corrected chi connectivity index (χ3v) is 1.84. The maximum absolute atomic E-state index is 10.9. The lowest BCUT2D eigenvalue weighted by molar-refractivity contribution is 0.187. The summed E-state index contributed by atoms with van der Waals surface area (Å²) in [4.78, 5) is 10.9. The van der Waals surface area contributed by atoms with Gasteiger partial charge in [0.1, 0.15) is 0 Å². The largest absolute Gasteiger partial charge is 0.453 e. The first-order valence-corrected chi connectivity index (χ1v) is 5.14. The topological polar surface area (TPSA) is 50.4 Å². The second-order valence-electron chi connectivity index (χ2n) is 4.57. The van der Waals surface area contributed by atoms with E-state index in [9.17, 15) is 4.79 Å². The Kier molecular flexibility index (Phi) is 3.77. The minimum absolute atomic E-state index is 0.0251. The molecule has 0 saturated carbocycles. The highest BCUT2D eigenvalue weighted by atomic mass is 16.5. The van der Waals surface area contributed by atoms with Crippen LogP contribution in [0.25, 0.3) is 0 Å². The van der Waals surface area contributed by atoms with Gasteiger partial charge in [-0.05, 0) is 45.0 Å². The molecule has 16 heavy (non-hydrogen) atoms. The van der Waals surface area contributed by atoms with E-state index in [4.69, 9.17) is 0 Å². The second kappa shape index (κ2) is 4.88. The minimum Gasteiger partial charge on any atom is -0.453 e. The summed E-state index contributed by atoms with van der Waals surface area (Å²) in [6.07, 6.45) is -0.462. The van der Waals surface area contributed by atoms with Gasteiger partial charge in [-0.3, -0.25) is 5.32 Å². The average molecular weight is 222 g/mol. The van der Waals surface area contributed by atoms with Gasteiger partial charge in [0.15, 0.2) is 0 Å². The predicted octanol–water partition coefficient (Wildman–Crippen LogP) is 3.08. The average Bonchev–Trinajstić information content (AvgIpc) is 2.18. The molecule has 1 aromatic carbocycles. The van der Waals surface area contributed by atoms with E-state index in [0.29, 0.717) is 5.69 Å². The van der Waals surface area contributed by atoms with Crippen LogP contribution in [-0.2, 0) is 4.74 Å². The highest BCUT2D eigenvalue weighted by Crippen LogP contribution is 2.17. The SMILES string of the molecule is COC(=O)Nc1ccc(NC(C)(C)C)cc1. The van der Waals surface area contributed by atoms with Crippen LogP contribution in [0.2, 0.25) is 0 Å². The van der Waals surface area contributed by atoms with Crippen molar-refractivity contribution in [3.63, 3.8) is 0 Å². The van der Waals surface area contributed by atoms with Crippen molar-refractivity contribution < 1.29 is 9.53 Å². The van der Waals surface area contributed by atoms with Gasteiger partial charge in [0, 0.05) is 16.9 Å². The maximum Gasteiger partial charge on any atom is 0.411 e. The van der Waals surface area contributed by atoms with E-state index < -0.39 is 6.09 Å². The van der Waals surface area contributed by atoms with Gasteiger partial charge in [0.2, 0.25) is 0 Å². The highest BCUT2D eigenvalue weighted by Gasteiger charge is 2.08. The molecule has 0 saturated heterocycles. The molecule has 1 rings (SSSR count). The summed E-state index contributed by atoms with van der Waals surface area (Å²) in [5.41, 5.74) is 1.76. The molecular weight excluding hydrogens is 204 g/mol. The number of methoxy groups -OCH3 is 1. The molecular formula is C12H18N2O2. The lowest BCUT2D eigenvalue weighted by Gasteiger charge is -2.22. The van der Waals surface area contributed by atoms with Gasteiger partial charge in [-0.1, -0.05) is 0 Å². The molecule has 0 spiro atoms. The number of hydrogen-bond acceptors (Lipinski definition) is 3. The Labute approximate surface area is 96.0 Å². The minimum atomic E-state index is -0.462. The van der Waals surface area contributed by atoms with E-state index in [2.05, 4.69) is 36.1 Å². The number of nitrogens with one attached hydrogen (secondary N) is 2. The van der Waals surface area contributed by atoms with Gasteiger partial charge >= 0.3 is 6.09 Å². The van der Waals surface area contributed by atoms with Gasteiger partial charge in [-0.2, -0.15) is 0 Å². The molecule has 0 bridgehead atoms. The lowest BCUT2D eigenvalue weighted by atomic mass is 10.1. The molecule has 0 unspecified atom stereocenters. The zero-order chi connectivity index (χ0) is 12.2. The Balaban J connectivity index is 2.64. The van der Waals surface area contributed by atoms with Crippen LogP contribution in [-0.4, -0.2) is 18.7 Å². The molecule has 1 amide bonds. The number of carbonyl (C=O) groups excluding carboxylic acids is 1. The van der Waals surface area contributed by atoms with Crippen LogP contribution in [0.15, 0.2) is 24.3 Å². The normalized spacial score (nSPS) is 10.8. The standard InChI is InChI=1S/C12H18N2O2/c1-12(2,3)14-10-7-5-9(6-8-10)13-11(15)16-4/h5-8,14H,1-4H3,(H,13,15). The summed E-state index contributed by atoms with van der Waals surface area (Å²) in [5.74, 6) is 0. The third-order valence-electron chi connectivity index (χ3n) is 1.84. The first-order valence-electron chi connectivity index (χ1n) is 5.14. The van der Waals surface area contributed by atoms with Gasteiger partial charge in [0.05, 0.1) is 7.11 Å². The number of carbonyl (C=O) groups is 1. The Morgan fingerprint density at radius 1 is 1.12 bits per heavy atom. The first kappa shape index (κ1) is 12.4. The Hall–Kier alpha value is -1.71. The number of hydrogen-bond donors (Lipinski definition) is 2. The van der Waals surface area contributed by atoms with Gasteiger partial charge in [-0.15, -0.1) is 0 Å². The molecule has 0 aliphatic rings. The van der Waals surface area contributed by atoms with Gasteiger partial charge < -0.3 is 10.1 Å². The summed E-state index contributed by atoms with van der Waals surface area (Å²) in [6.45, 7) is 6.27. The molecule has 0 aliphatic heterocycles. The first-order chi connectivity index (χ1) is 7.40. The van der Waals surface area contributed by atoms with Gasteiger partial charge in [-0.25, -0.2) is 4.79 Å². The van der Waals surface area contributed by atoms with E-state index in [1.54, 1.807) is 0 Å². The van der Waals surface area contributed by atoms with E-state index in [0.717, 1.165) is 5.69 Å². The van der Waals surface area contributed by atoms with E-state index in [1.807, 2.05) is 24.3 Å². The van der Waals surface area contributed by atoms with Crippen molar-refractivity contribution >= 4 is 17.5 Å². The third kappa shape index (κ3) is 4.21. The maximum atomic E-state index is 10.9. The Morgan fingerprint density at radius 2 is 1.62 bits per heavy atom. The predicted molar refractivity (Wildman–Crippen MR) is 65.8 cm³/mol. The second-order valence-corrected chi connectivity index (χ2v) is 4.57. The smallest absolute Gasteiger partial charge is 0.411 e. The van der Waals surface area contributed by atoms with Crippen molar-refractivity contribution in [1.29, 1.82) is 0 Å². The number of ether oxygens (including phenoxy) is 1. The fourth-order valence-electron chi connectivity index (χ4n) is 1.24. The van der Waals surface area contributed by atoms with Crippen LogP contribution in [0.3, 0.4) is 0 Å². The van der Waals surface area contributed by atoms with Crippen molar-refractivity contribution in [1.82, 2.24) is 0 Å². The fraction of sp³-hybridized carbons (Fsp3) is 0.417. The van der Waals surface area contributed by atoms with Crippen molar-refractivity contribution in [2.24, 2.45) is 0 Å². The molecule has 0 fully saturated rings. The molecule has 2 N–H and O–H groups in total. The van der Waals surface area contributed by atoms with Crippen molar-refractivity contribution in [3.8, 4) is 0 Å². The molecule has 4 nitrogen and oxygen atoms in total. The molecule has 0 aromatic heterocycles. The summed E-state index contributed by atoms with van der Waals surface area (Å²) < 4.78 is 4.50. The van der Waals surface area contributed by atoms with Crippen molar-refractivity contribution in [3.05, 3.63) is 24.3 Å². The van der Waals surface area contributed by atoms with Crippen LogP contribution in [0.5, 0.6) is 0 Å². The highest BCUT2D eigenvalue weighted by molar-refractivity contribution is 5.84. The van der Waals surface area contributed by atoms with Crippen LogP contribution in [0, 0.1) is 0 Å². The Morgan fingerprint density at radius 3 is 2.06 bits per heavy atom. The van der Waals surface area contributed by atoms with Crippen molar-refractivity contribution in [2.75, 3.05) is 17.7 Å². The van der Waals surface area contributed by atoms with E-state index in [1.165, 1.54) is 7.11 Å². The molecule has 4 heteroatoms. The fourth-order valence-corrected chi connectivity index (χ4v) is 1.24. The lowest BCUT2D eigenvalue weighted by Crippen LogP contribution is -2.25. The molecule has 0 atom stereocenters. The number of benzene rings is 1. The molecule has 1 aromatic rings. The summed E-state index contributed by atoms with van der Waals surface area (Å²) in [6, 6.07) is 7.48. The molecule has 0 aliphatic carbocycles. The summed E-state index contributed by atoms with van der Waals surface area (Å²) >= 11 is 0. The summed E-state index contributed by atoms with van der Waals surface area (Å²) in [7, 11) is 1.34. The van der Waals surface area contributed by atoms with Crippen LogP contribution in [0.4, 0.5) is 16.2 Å². The van der Waals surface area contributed by atoms with Crippen LogP contribution < -0.4 is 10.6 Å². The number of anilines is 2. The number of rotatable bonds is 2. The van der Waals surface area contributed by atoms with Gasteiger partial charge in [0.25, 0.3) is 0 Å². The quantitative estimate of drug-likeness (QED) is 0.808. The molecule has 88 valence electrons. The van der Waals surface area contributed by atoms with E-state index in [-0.39, 0.29) is 5.54 Å². The molecule has 0 heterocycles. The van der Waals surface area contributed by atoms with Crippen LogP contribution >= 0.6 is 0 Å². The van der Waals surface area contributed by atoms with Crippen molar-refractivity contribution in [2.45, 2.75) is 26.3 Å². The molecule has 0 radical (unpaired) electrons. The summed E-state index contributed by atoms with van der Waals surface area (Å²) in [5, 5.41) is 5.92. The zero-order valence-corrected chi connectivity index (χ0v) is 10.1.